The molecular weight excluding hydrogens is 303 g/mol. The Morgan fingerprint density at radius 1 is 1.18 bits per heavy atom. The fourth-order valence-electron chi connectivity index (χ4n) is 2.08. The smallest absolute Gasteiger partial charge is 0.318 e. The van der Waals surface area contributed by atoms with Crippen molar-refractivity contribution in [1.29, 1.82) is 0 Å². The van der Waals surface area contributed by atoms with Gasteiger partial charge >= 0.3 is 5.97 Å². The Labute approximate surface area is 131 Å². The second-order valence-electron chi connectivity index (χ2n) is 4.85. The van der Waals surface area contributed by atoms with E-state index in [9.17, 15) is 13.4 Å². The molecule has 0 N–H and O–H groups in total. The molecule has 0 aliphatic heterocycles. The fraction of sp³-hybridized carbons (Fsp3) is 0.235. The topological polar surface area (TPSA) is 43.4 Å². The molecule has 0 heterocycles. The molecule has 22 heavy (non-hydrogen) atoms. The van der Waals surface area contributed by atoms with Crippen LogP contribution < -0.4 is 0 Å². The zero-order valence-corrected chi connectivity index (χ0v) is 13.2. The van der Waals surface area contributed by atoms with Crippen LogP contribution in [0, 0.1) is 5.82 Å². The number of carbonyl (C=O) groups excluding carboxylic acids is 1. The maximum atomic E-state index is 13.7. The van der Waals surface area contributed by atoms with Crippen LogP contribution in [0.1, 0.15) is 17.7 Å². The number of ether oxygens (including phenoxy) is 1. The van der Waals surface area contributed by atoms with Crippen LogP contribution in [-0.4, -0.2) is 23.0 Å². The molecule has 0 spiro atoms. The number of rotatable bonds is 5. The van der Waals surface area contributed by atoms with E-state index in [1.54, 1.807) is 37.3 Å². The minimum atomic E-state index is -1.35. The van der Waals surface area contributed by atoms with Gasteiger partial charge in [0.05, 0.1) is 12.4 Å². The van der Waals surface area contributed by atoms with Gasteiger partial charge in [-0.2, -0.15) is 0 Å². The average molecular weight is 320 g/mol. The van der Waals surface area contributed by atoms with Crippen molar-refractivity contribution in [3.05, 3.63) is 59.9 Å². The van der Waals surface area contributed by atoms with E-state index in [4.69, 9.17) is 0 Å². The summed E-state index contributed by atoms with van der Waals surface area (Å²) in [6.07, 6.45) is 0. The van der Waals surface area contributed by atoms with E-state index in [1.807, 2.05) is 12.1 Å². The van der Waals surface area contributed by atoms with Crippen molar-refractivity contribution in [2.45, 2.75) is 12.2 Å². The highest BCUT2D eigenvalue weighted by Crippen LogP contribution is 2.26. The van der Waals surface area contributed by atoms with E-state index >= 15 is 0 Å². The lowest BCUT2D eigenvalue weighted by atomic mass is 10.0. The quantitative estimate of drug-likeness (QED) is 0.792. The van der Waals surface area contributed by atoms with Crippen LogP contribution in [0.15, 0.2) is 48.5 Å². The molecular formula is C17H17FO3S. The van der Waals surface area contributed by atoms with Gasteiger partial charge in [-0.25, -0.2) is 4.39 Å². The number of methoxy groups -OCH3 is 1. The van der Waals surface area contributed by atoms with Crippen molar-refractivity contribution in [3.63, 3.8) is 0 Å². The Kier molecular flexibility index (Phi) is 5.44. The van der Waals surface area contributed by atoms with Crippen LogP contribution in [0.5, 0.6) is 0 Å². The Morgan fingerprint density at radius 3 is 2.41 bits per heavy atom. The number of esters is 1. The van der Waals surface area contributed by atoms with Crippen LogP contribution in [0.4, 0.5) is 4.39 Å². The maximum Gasteiger partial charge on any atom is 0.318 e. The molecule has 2 atom stereocenters. The van der Waals surface area contributed by atoms with Crippen LogP contribution in [0.25, 0.3) is 11.1 Å². The molecule has 0 aromatic heterocycles. The lowest BCUT2D eigenvalue weighted by molar-refractivity contribution is -0.137. The van der Waals surface area contributed by atoms with E-state index in [1.165, 1.54) is 13.2 Å². The average Bonchev–Trinajstić information content (AvgIpc) is 2.54. The number of benzene rings is 2. The normalized spacial score (nSPS) is 13.4. The number of hydrogen-bond donors (Lipinski definition) is 0. The van der Waals surface area contributed by atoms with Gasteiger partial charge in [-0.15, -0.1) is 0 Å². The van der Waals surface area contributed by atoms with Gasteiger partial charge in [-0.3, -0.25) is 9.00 Å². The highest BCUT2D eigenvalue weighted by Gasteiger charge is 2.17. The van der Waals surface area contributed by atoms with Gasteiger partial charge < -0.3 is 4.74 Å². The number of hydrogen-bond acceptors (Lipinski definition) is 3. The van der Waals surface area contributed by atoms with Gasteiger partial charge in [0.15, 0.2) is 0 Å². The zero-order valence-electron chi connectivity index (χ0n) is 12.4. The van der Waals surface area contributed by atoms with Crippen molar-refractivity contribution in [1.82, 2.24) is 0 Å². The Bertz CT molecular complexity index is 683. The molecule has 0 saturated heterocycles. The van der Waals surface area contributed by atoms with Crippen LogP contribution >= 0.6 is 0 Å². The standard InChI is InChI=1S/C17H17FO3S/c1-12(22(20)11-17(19)21-2)13-7-9-14(10-8-13)15-5-3-4-6-16(15)18/h3-10,12H,11H2,1-2H3. The molecule has 3 nitrogen and oxygen atoms in total. The third-order valence-electron chi connectivity index (χ3n) is 3.45. The van der Waals surface area contributed by atoms with Gasteiger partial charge in [-0.05, 0) is 24.1 Å². The zero-order chi connectivity index (χ0) is 16.1. The SMILES string of the molecule is COC(=O)CS(=O)C(C)c1ccc(-c2ccccc2F)cc1. The first-order valence-electron chi connectivity index (χ1n) is 6.81. The number of halogens is 1. The molecule has 2 rings (SSSR count). The van der Waals surface area contributed by atoms with Crippen molar-refractivity contribution in [2.24, 2.45) is 0 Å². The summed E-state index contributed by atoms with van der Waals surface area (Å²) in [5.74, 6) is -0.905. The summed E-state index contributed by atoms with van der Waals surface area (Å²) >= 11 is 0. The monoisotopic (exact) mass is 320 g/mol. The molecule has 2 aromatic rings. The summed E-state index contributed by atoms with van der Waals surface area (Å²) in [6, 6.07) is 13.7. The van der Waals surface area contributed by atoms with Gasteiger partial charge in [0.2, 0.25) is 0 Å². The summed E-state index contributed by atoms with van der Waals surface area (Å²) in [6.45, 7) is 1.79. The van der Waals surface area contributed by atoms with Gasteiger partial charge in [-0.1, -0.05) is 42.5 Å². The first kappa shape index (κ1) is 16.4. The minimum absolute atomic E-state index is 0.132. The predicted molar refractivity (Wildman–Crippen MR) is 85.3 cm³/mol. The molecule has 0 bridgehead atoms. The third-order valence-corrected chi connectivity index (χ3v) is 5.03. The first-order chi connectivity index (χ1) is 10.5. The van der Waals surface area contributed by atoms with Gasteiger partial charge in [0.1, 0.15) is 11.6 Å². The van der Waals surface area contributed by atoms with E-state index in [0.717, 1.165) is 11.1 Å². The summed E-state index contributed by atoms with van der Waals surface area (Å²) < 4.78 is 30.3. The van der Waals surface area contributed by atoms with E-state index in [0.29, 0.717) is 5.56 Å². The highest BCUT2D eigenvalue weighted by molar-refractivity contribution is 7.85. The fourth-order valence-corrected chi connectivity index (χ4v) is 3.14. The summed E-state index contributed by atoms with van der Waals surface area (Å²) in [5, 5.41) is -0.297. The van der Waals surface area contributed by atoms with Crippen molar-refractivity contribution < 1.29 is 18.1 Å². The molecule has 5 heteroatoms. The molecule has 2 unspecified atom stereocenters. The lowest BCUT2D eigenvalue weighted by Crippen LogP contribution is -2.16. The highest BCUT2D eigenvalue weighted by atomic mass is 32.2. The second-order valence-corrected chi connectivity index (χ2v) is 6.60. The van der Waals surface area contributed by atoms with Crippen molar-refractivity contribution in [3.8, 4) is 11.1 Å². The largest absolute Gasteiger partial charge is 0.468 e. The Morgan fingerprint density at radius 2 is 1.82 bits per heavy atom. The first-order valence-corrected chi connectivity index (χ1v) is 8.20. The summed E-state index contributed by atoms with van der Waals surface area (Å²) in [4.78, 5) is 11.2. The second kappa shape index (κ2) is 7.31. The molecule has 0 fully saturated rings. The van der Waals surface area contributed by atoms with Gasteiger partial charge in [0, 0.05) is 16.4 Å². The van der Waals surface area contributed by atoms with Crippen molar-refractivity contribution >= 4 is 16.8 Å². The molecule has 0 aliphatic rings. The Hall–Kier alpha value is -2.01. The predicted octanol–water partition coefficient (Wildman–Crippen LogP) is 3.48. The molecule has 116 valence electrons. The van der Waals surface area contributed by atoms with E-state index in [2.05, 4.69) is 4.74 Å². The third kappa shape index (κ3) is 3.80. The van der Waals surface area contributed by atoms with Crippen LogP contribution in [-0.2, 0) is 20.3 Å². The molecule has 0 aliphatic carbocycles. The number of carbonyl (C=O) groups is 1. The maximum absolute atomic E-state index is 13.7. The summed E-state index contributed by atoms with van der Waals surface area (Å²) in [5.41, 5.74) is 2.12. The minimum Gasteiger partial charge on any atom is -0.468 e. The Balaban J connectivity index is 2.17. The lowest BCUT2D eigenvalue weighted by Gasteiger charge is -2.12. The molecule has 2 aromatic carbocycles. The molecule has 0 radical (unpaired) electrons. The molecule has 0 amide bonds. The van der Waals surface area contributed by atoms with Gasteiger partial charge in [0.25, 0.3) is 0 Å². The van der Waals surface area contributed by atoms with E-state index in [-0.39, 0.29) is 16.8 Å². The van der Waals surface area contributed by atoms with Crippen LogP contribution in [0.2, 0.25) is 0 Å². The van der Waals surface area contributed by atoms with Crippen LogP contribution in [0.3, 0.4) is 0 Å². The van der Waals surface area contributed by atoms with Crippen molar-refractivity contribution in [2.75, 3.05) is 12.9 Å². The van der Waals surface area contributed by atoms with E-state index < -0.39 is 16.8 Å². The summed E-state index contributed by atoms with van der Waals surface area (Å²) in [7, 11) is -0.0786. The molecule has 0 saturated carbocycles.